The van der Waals surface area contributed by atoms with Crippen LogP contribution in [-0.2, 0) is 22.1 Å². The fourth-order valence-corrected chi connectivity index (χ4v) is 3.49. The summed E-state index contributed by atoms with van der Waals surface area (Å²) in [6.45, 7) is 7.48. The van der Waals surface area contributed by atoms with Crippen molar-refractivity contribution in [3.05, 3.63) is 23.7 Å². The third kappa shape index (κ3) is 5.69. The van der Waals surface area contributed by atoms with Gasteiger partial charge in [-0.3, -0.25) is 0 Å². The number of furan rings is 1. The van der Waals surface area contributed by atoms with Crippen molar-refractivity contribution in [2.45, 2.75) is 39.5 Å². The maximum atomic E-state index is 11.8. The Balaban J connectivity index is 2.53. The summed E-state index contributed by atoms with van der Waals surface area (Å²) in [6.07, 6.45) is 1.07. The lowest BCUT2D eigenvalue weighted by atomic mass is 10.3. The van der Waals surface area contributed by atoms with Crippen LogP contribution < -0.4 is 5.32 Å². The van der Waals surface area contributed by atoms with Gasteiger partial charge in [-0.05, 0) is 31.0 Å². The smallest absolute Gasteiger partial charge is 0.157 e. The SMILES string of the molecule is CCCNCc1ccc(CS(=O)(=O)CC(C)C)o1. The van der Waals surface area contributed by atoms with E-state index in [0.717, 1.165) is 18.7 Å². The zero-order chi connectivity index (χ0) is 13.6. The lowest BCUT2D eigenvalue weighted by Gasteiger charge is -2.05. The van der Waals surface area contributed by atoms with E-state index in [1.807, 2.05) is 19.9 Å². The molecule has 5 heteroatoms. The number of hydrogen-bond acceptors (Lipinski definition) is 4. The molecule has 1 N–H and O–H groups in total. The van der Waals surface area contributed by atoms with E-state index in [1.54, 1.807) is 6.07 Å². The summed E-state index contributed by atoms with van der Waals surface area (Å²) >= 11 is 0. The lowest BCUT2D eigenvalue weighted by molar-refractivity contribution is 0.456. The minimum Gasteiger partial charge on any atom is -0.464 e. The van der Waals surface area contributed by atoms with Gasteiger partial charge in [0.25, 0.3) is 0 Å². The number of sulfone groups is 1. The zero-order valence-corrected chi connectivity index (χ0v) is 12.2. The van der Waals surface area contributed by atoms with Crippen LogP contribution in [0.15, 0.2) is 16.5 Å². The number of rotatable bonds is 8. The molecule has 0 radical (unpaired) electrons. The first-order chi connectivity index (χ1) is 8.43. The van der Waals surface area contributed by atoms with Crippen molar-refractivity contribution in [3.63, 3.8) is 0 Å². The third-order valence-corrected chi connectivity index (χ3v) is 4.29. The average Bonchev–Trinajstić information content (AvgIpc) is 2.63. The van der Waals surface area contributed by atoms with Crippen molar-refractivity contribution in [2.24, 2.45) is 5.92 Å². The van der Waals surface area contributed by atoms with Crippen LogP contribution in [0.3, 0.4) is 0 Å². The van der Waals surface area contributed by atoms with Crippen molar-refractivity contribution in [1.82, 2.24) is 5.32 Å². The van der Waals surface area contributed by atoms with Gasteiger partial charge in [0, 0.05) is 0 Å². The molecule has 104 valence electrons. The third-order valence-electron chi connectivity index (χ3n) is 2.39. The van der Waals surface area contributed by atoms with E-state index in [-0.39, 0.29) is 17.4 Å². The monoisotopic (exact) mass is 273 g/mol. The van der Waals surface area contributed by atoms with E-state index in [9.17, 15) is 8.42 Å². The average molecular weight is 273 g/mol. The second-order valence-electron chi connectivity index (χ2n) is 4.99. The molecule has 1 rings (SSSR count). The Kier molecular flexibility index (Phi) is 5.88. The van der Waals surface area contributed by atoms with Crippen molar-refractivity contribution < 1.29 is 12.8 Å². The van der Waals surface area contributed by atoms with Crippen LogP contribution >= 0.6 is 0 Å². The first kappa shape index (κ1) is 15.2. The molecule has 18 heavy (non-hydrogen) atoms. The van der Waals surface area contributed by atoms with Crippen LogP contribution in [-0.4, -0.2) is 20.7 Å². The van der Waals surface area contributed by atoms with E-state index in [1.165, 1.54) is 0 Å². The van der Waals surface area contributed by atoms with Crippen LogP contribution in [0.2, 0.25) is 0 Å². The first-order valence-electron chi connectivity index (χ1n) is 6.41. The van der Waals surface area contributed by atoms with Crippen LogP contribution in [0.5, 0.6) is 0 Å². The molecule has 0 saturated heterocycles. The highest BCUT2D eigenvalue weighted by molar-refractivity contribution is 7.90. The molecule has 1 aromatic heterocycles. The minimum absolute atomic E-state index is 0.00103. The van der Waals surface area contributed by atoms with Gasteiger partial charge in [0.15, 0.2) is 9.84 Å². The van der Waals surface area contributed by atoms with Crippen molar-refractivity contribution >= 4 is 9.84 Å². The van der Waals surface area contributed by atoms with E-state index < -0.39 is 9.84 Å². The van der Waals surface area contributed by atoms with Crippen LogP contribution in [0.25, 0.3) is 0 Å². The van der Waals surface area contributed by atoms with E-state index in [0.29, 0.717) is 12.3 Å². The Labute approximate surface area is 110 Å². The fraction of sp³-hybridized carbons (Fsp3) is 0.692. The van der Waals surface area contributed by atoms with Crippen LogP contribution in [0.1, 0.15) is 38.7 Å². The summed E-state index contributed by atoms with van der Waals surface area (Å²) in [4.78, 5) is 0. The lowest BCUT2D eigenvalue weighted by Crippen LogP contribution is -2.14. The maximum Gasteiger partial charge on any atom is 0.157 e. The molecule has 0 aliphatic carbocycles. The minimum atomic E-state index is -3.06. The van der Waals surface area contributed by atoms with Gasteiger partial charge >= 0.3 is 0 Å². The second kappa shape index (κ2) is 6.95. The molecule has 1 aromatic rings. The Bertz CT molecular complexity index is 449. The molecule has 0 spiro atoms. The van der Waals surface area contributed by atoms with Gasteiger partial charge in [-0.25, -0.2) is 8.42 Å². The standard InChI is InChI=1S/C13H23NO3S/c1-4-7-14-8-12-5-6-13(17-12)10-18(15,16)9-11(2)3/h5-6,11,14H,4,7-10H2,1-3H3. The van der Waals surface area contributed by atoms with Crippen molar-refractivity contribution in [1.29, 1.82) is 0 Å². The quantitative estimate of drug-likeness (QED) is 0.739. The molecule has 0 bridgehead atoms. The van der Waals surface area contributed by atoms with Crippen LogP contribution in [0.4, 0.5) is 0 Å². The zero-order valence-electron chi connectivity index (χ0n) is 11.4. The summed E-state index contributed by atoms with van der Waals surface area (Å²) in [5.41, 5.74) is 0. The molecule has 0 aliphatic rings. The summed E-state index contributed by atoms with van der Waals surface area (Å²) in [5, 5.41) is 3.22. The van der Waals surface area contributed by atoms with Gasteiger partial charge in [0.05, 0.1) is 12.3 Å². The normalized spacial score (nSPS) is 12.2. The highest BCUT2D eigenvalue weighted by Gasteiger charge is 2.16. The predicted octanol–water partition coefficient (Wildman–Crippen LogP) is 2.35. The molecule has 0 aromatic carbocycles. The summed E-state index contributed by atoms with van der Waals surface area (Å²) in [6, 6.07) is 3.59. The van der Waals surface area contributed by atoms with Gasteiger partial charge in [0.1, 0.15) is 17.3 Å². The van der Waals surface area contributed by atoms with E-state index in [2.05, 4.69) is 12.2 Å². The molecule has 0 saturated carbocycles. The highest BCUT2D eigenvalue weighted by Crippen LogP contribution is 2.13. The van der Waals surface area contributed by atoms with Gasteiger partial charge in [-0.2, -0.15) is 0 Å². The summed E-state index contributed by atoms with van der Waals surface area (Å²) in [5.74, 6) is 1.67. The number of hydrogen-bond donors (Lipinski definition) is 1. The first-order valence-corrected chi connectivity index (χ1v) is 8.24. The Morgan fingerprint density at radius 2 is 1.94 bits per heavy atom. The topological polar surface area (TPSA) is 59.3 Å². The van der Waals surface area contributed by atoms with Gasteiger partial charge in [-0.15, -0.1) is 0 Å². The Morgan fingerprint density at radius 1 is 1.28 bits per heavy atom. The molecule has 0 atom stereocenters. The second-order valence-corrected chi connectivity index (χ2v) is 7.10. The van der Waals surface area contributed by atoms with Crippen molar-refractivity contribution in [2.75, 3.05) is 12.3 Å². The van der Waals surface area contributed by atoms with E-state index in [4.69, 9.17) is 4.42 Å². The molecular formula is C13H23NO3S. The predicted molar refractivity (Wildman–Crippen MR) is 73.0 cm³/mol. The Morgan fingerprint density at radius 3 is 2.56 bits per heavy atom. The molecular weight excluding hydrogens is 250 g/mol. The highest BCUT2D eigenvalue weighted by atomic mass is 32.2. The molecule has 0 fully saturated rings. The molecule has 0 amide bonds. The number of nitrogens with one attached hydrogen (secondary N) is 1. The molecule has 1 heterocycles. The molecule has 0 unspecified atom stereocenters. The maximum absolute atomic E-state index is 11.8. The molecule has 0 aliphatic heterocycles. The van der Waals surface area contributed by atoms with Crippen LogP contribution in [0, 0.1) is 5.92 Å². The van der Waals surface area contributed by atoms with Gasteiger partial charge in [0.2, 0.25) is 0 Å². The summed E-state index contributed by atoms with van der Waals surface area (Å²) < 4.78 is 29.1. The van der Waals surface area contributed by atoms with E-state index >= 15 is 0 Å². The largest absolute Gasteiger partial charge is 0.464 e. The fourth-order valence-electron chi connectivity index (χ4n) is 1.77. The molecule has 4 nitrogen and oxygen atoms in total. The van der Waals surface area contributed by atoms with Gasteiger partial charge in [-0.1, -0.05) is 20.8 Å². The summed E-state index contributed by atoms with van der Waals surface area (Å²) in [7, 11) is -3.06. The Hall–Kier alpha value is -0.810. The van der Waals surface area contributed by atoms with Gasteiger partial charge < -0.3 is 9.73 Å². The van der Waals surface area contributed by atoms with Crippen molar-refractivity contribution in [3.8, 4) is 0 Å².